The van der Waals surface area contributed by atoms with Crippen LogP contribution < -0.4 is 0 Å². The zero-order valence-corrected chi connectivity index (χ0v) is 15.4. The van der Waals surface area contributed by atoms with E-state index >= 15 is 0 Å². The van der Waals surface area contributed by atoms with Crippen molar-refractivity contribution >= 4 is 22.5 Å². The molecule has 1 unspecified atom stereocenters. The molecule has 0 saturated carbocycles. The molecule has 0 aliphatic heterocycles. The van der Waals surface area contributed by atoms with Crippen molar-refractivity contribution in [2.75, 3.05) is 13.2 Å². The van der Waals surface area contributed by atoms with Crippen LogP contribution in [-0.2, 0) is 20.1 Å². The van der Waals surface area contributed by atoms with E-state index in [9.17, 15) is 5.11 Å². The number of aromatic nitrogens is 2. The molecule has 0 bridgehead atoms. The van der Waals surface area contributed by atoms with E-state index < -0.39 is 0 Å². The molecule has 0 amide bonds. The van der Waals surface area contributed by atoms with E-state index in [1.165, 1.54) is 5.56 Å². The summed E-state index contributed by atoms with van der Waals surface area (Å²) in [6.45, 7) is 4.54. The molecule has 132 valence electrons. The minimum Gasteiger partial charge on any atom is -0.396 e. The number of fused-ring (bicyclic) bond motifs is 1. The summed E-state index contributed by atoms with van der Waals surface area (Å²) < 4.78 is 1.88. The number of aliphatic hydroxyl groups excluding tert-OH is 1. The minimum atomic E-state index is 0.176. The monoisotopic (exact) mass is 357 g/mol. The molecule has 0 saturated heterocycles. The van der Waals surface area contributed by atoms with E-state index in [-0.39, 0.29) is 12.5 Å². The standard InChI is InChI=1S/C20H24ClN3O/c1-15(14-25)11-24(12-16-7-4-3-5-8-16)13-18-20-17(21)9-6-10-19(20)23(2)22-18/h3-10,15,25H,11-14H2,1-2H3. The lowest BCUT2D eigenvalue weighted by molar-refractivity contribution is 0.162. The fraction of sp³-hybridized carbons (Fsp3) is 0.350. The van der Waals surface area contributed by atoms with Crippen LogP contribution in [0.4, 0.5) is 0 Å². The lowest BCUT2D eigenvalue weighted by atomic mass is 10.1. The Bertz CT molecular complexity index is 832. The highest BCUT2D eigenvalue weighted by Crippen LogP contribution is 2.27. The quantitative estimate of drug-likeness (QED) is 0.698. The third-order valence-electron chi connectivity index (χ3n) is 4.40. The number of benzene rings is 2. The van der Waals surface area contributed by atoms with Crippen LogP contribution in [0.1, 0.15) is 18.2 Å². The van der Waals surface area contributed by atoms with Gasteiger partial charge in [0.05, 0.1) is 16.2 Å². The van der Waals surface area contributed by atoms with Gasteiger partial charge in [0.1, 0.15) is 0 Å². The first-order valence-electron chi connectivity index (χ1n) is 8.55. The maximum Gasteiger partial charge on any atom is 0.0858 e. The predicted octanol–water partition coefficient (Wildman–Crippen LogP) is 3.86. The van der Waals surface area contributed by atoms with Crippen LogP contribution in [-0.4, -0.2) is 32.9 Å². The van der Waals surface area contributed by atoms with Crippen molar-refractivity contribution in [3.8, 4) is 0 Å². The van der Waals surface area contributed by atoms with Crippen LogP contribution in [0.15, 0.2) is 48.5 Å². The molecule has 0 aliphatic rings. The molecule has 25 heavy (non-hydrogen) atoms. The number of hydrogen-bond acceptors (Lipinski definition) is 3. The van der Waals surface area contributed by atoms with Crippen molar-refractivity contribution in [3.63, 3.8) is 0 Å². The number of halogens is 1. The molecule has 0 aliphatic carbocycles. The molecular formula is C20H24ClN3O. The molecule has 1 atom stereocenters. The van der Waals surface area contributed by atoms with E-state index in [1.807, 2.05) is 36.0 Å². The van der Waals surface area contributed by atoms with Gasteiger partial charge in [-0.05, 0) is 23.6 Å². The van der Waals surface area contributed by atoms with E-state index in [1.54, 1.807) is 0 Å². The first kappa shape index (κ1) is 17.9. The van der Waals surface area contributed by atoms with Gasteiger partial charge in [0.2, 0.25) is 0 Å². The van der Waals surface area contributed by atoms with Gasteiger partial charge in [-0.2, -0.15) is 5.10 Å². The molecule has 3 rings (SSSR count). The Morgan fingerprint density at radius 1 is 1.12 bits per heavy atom. The summed E-state index contributed by atoms with van der Waals surface area (Å²) in [5, 5.41) is 15.9. The van der Waals surface area contributed by atoms with Gasteiger partial charge in [0, 0.05) is 38.7 Å². The molecule has 0 radical (unpaired) electrons. The van der Waals surface area contributed by atoms with Crippen molar-refractivity contribution in [1.82, 2.24) is 14.7 Å². The SMILES string of the molecule is CC(CO)CN(Cc1ccccc1)Cc1nn(C)c2cccc(Cl)c12. The average Bonchev–Trinajstić information content (AvgIpc) is 2.92. The average molecular weight is 358 g/mol. The first-order chi connectivity index (χ1) is 12.1. The first-order valence-corrected chi connectivity index (χ1v) is 8.93. The molecule has 0 spiro atoms. The summed E-state index contributed by atoms with van der Waals surface area (Å²) in [7, 11) is 1.94. The summed E-state index contributed by atoms with van der Waals surface area (Å²) in [5.41, 5.74) is 3.26. The van der Waals surface area contributed by atoms with Gasteiger partial charge in [-0.3, -0.25) is 9.58 Å². The Morgan fingerprint density at radius 2 is 1.88 bits per heavy atom. The van der Waals surface area contributed by atoms with Crippen LogP contribution in [0.5, 0.6) is 0 Å². The molecule has 1 heterocycles. The summed E-state index contributed by atoms with van der Waals surface area (Å²) in [5.74, 6) is 0.203. The maximum atomic E-state index is 9.47. The Balaban J connectivity index is 1.89. The largest absolute Gasteiger partial charge is 0.396 e. The highest BCUT2D eigenvalue weighted by atomic mass is 35.5. The van der Waals surface area contributed by atoms with Crippen molar-refractivity contribution in [3.05, 3.63) is 64.8 Å². The van der Waals surface area contributed by atoms with Gasteiger partial charge in [-0.1, -0.05) is 54.9 Å². The van der Waals surface area contributed by atoms with Gasteiger partial charge >= 0.3 is 0 Å². The second-order valence-electron chi connectivity index (χ2n) is 6.65. The fourth-order valence-corrected chi connectivity index (χ4v) is 3.48. The topological polar surface area (TPSA) is 41.3 Å². The number of nitrogens with zero attached hydrogens (tertiary/aromatic N) is 3. The summed E-state index contributed by atoms with van der Waals surface area (Å²) >= 11 is 6.44. The Hall–Kier alpha value is -1.88. The Labute approximate surface area is 153 Å². The smallest absolute Gasteiger partial charge is 0.0858 e. The van der Waals surface area contributed by atoms with Crippen LogP contribution in [0, 0.1) is 5.92 Å². The minimum absolute atomic E-state index is 0.176. The van der Waals surface area contributed by atoms with Gasteiger partial charge < -0.3 is 5.11 Å². The van der Waals surface area contributed by atoms with Gasteiger partial charge in [-0.15, -0.1) is 0 Å². The maximum absolute atomic E-state index is 9.47. The van der Waals surface area contributed by atoms with Crippen molar-refractivity contribution in [1.29, 1.82) is 0 Å². The second-order valence-corrected chi connectivity index (χ2v) is 7.05. The number of hydrogen-bond donors (Lipinski definition) is 1. The summed E-state index contributed by atoms with van der Waals surface area (Å²) in [6, 6.07) is 16.3. The third kappa shape index (κ3) is 4.21. The van der Waals surface area contributed by atoms with Crippen LogP contribution in [0.25, 0.3) is 10.9 Å². The van der Waals surface area contributed by atoms with E-state index in [0.717, 1.165) is 34.7 Å². The third-order valence-corrected chi connectivity index (χ3v) is 4.72. The number of rotatable bonds is 7. The highest BCUT2D eigenvalue weighted by molar-refractivity contribution is 6.35. The highest BCUT2D eigenvalue weighted by Gasteiger charge is 2.17. The van der Waals surface area contributed by atoms with Gasteiger partial charge in [-0.25, -0.2) is 0 Å². The summed E-state index contributed by atoms with van der Waals surface area (Å²) in [4.78, 5) is 2.32. The lowest BCUT2D eigenvalue weighted by Gasteiger charge is -2.24. The lowest BCUT2D eigenvalue weighted by Crippen LogP contribution is -2.29. The zero-order valence-electron chi connectivity index (χ0n) is 14.7. The Morgan fingerprint density at radius 3 is 2.60 bits per heavy atom. The number of aryl methyl sites for hydroxylation is 1. The molecular weight excluding hydrogens is 334 g/mol. The van der Waals surface area contributed by atoms with Crippen molar-refractivity contribution in [2.24, 2.45) is 13.0 Å². The normalized spacial score (nSPS) is 12.8. The van der Waals surface area contributed by atoms with Crippen LogP contribution >= 0.6 is 11.6 Å². The molecule has 1 N–H and O–H groups in total. The molecule has 4 nitrogen and oxygen atoms in total. The van der Waals surface area contributed by atoms with E-state index in [0.29, 0.717) is 6.54 Å². The fourth-order valence-electron chi connectivity index (χ4n) is 3.20. The molecule has 3 aromatic rings. The van der Waals surface area contributed by atoms with Gasteiger partial charge in [0.25, 0.3) is 0 Å². The number of aliphatic hydroxyl groups is 1. The molecule has 5 heteroatoms. The predicted molar refractivity (Wildman–Crippen MR) is 103 cm³/mol. The molecule has 1 aromatic heterocycles. The second kappa shape index (κ2) is 8.00. The van der Waals surface area contributed by atoms with Gasteiger partial charge in [0.15, 0.2) is 0 Å². The Kier molecular flexibility index (Phi) is 5.74. The van der Waals surface area contributed by atoms with Crippen LogP contribution in [0.3, 0.4) is 0 Å². The molecule has 2 aromatic carbocycles. The van der Waals surface area contributed by atoms with E-state index in [2.05, 4.69) is 36.1 Å². The van der Waals surface area contributed by atoms with Crippen LogP contribution in [0.2, 0.25) is 5.02 Å². The van der Waals surface area contributed by atoms with E-state index in [4.69, 9.17) is 16.7 Å². The zero-order chi connectivity index (χ0) is 17.8. The van der Waals surface area contributed by atoms with Crippen molar-refractivity contribution in [2.45, 2.75) is 20.0 Å². The summed E-state index contributed by atoms with van der Waals surface area (Å²) in [6.07, 6.45) is 0. The molecule has 0 fully saturated rings. The van der Waals surface area contributed by atoms with Crippen molar-refractivity contribution < 1.29 is 5.11 Å².